The van der Waals surface area contributed by atoms with E-state index in [1.165, 1.54) is 22.4 Å². The molecule has 1 aliphatic carbocycles. The maximum atomic E-state index is 5.71. The van der Waals surface area contributed by atoms with Crippen LogP contribution in [0.3, 0.4) is 0 Å². The van der Waals surface area contributed by atoms with E-state index < -0.39 is 0 Å². The van der Waals surface area contributed by atoms with Gasteiger partial charge in [-0.3, -0.25) is 0 Å². The Morgan fingerprint density at radius 1 is 1.09 bits per heavy atom. The van der Waals surface area contributed by atoms with Crippen LogP contribution in [0.5, 0.6) is 0 Å². The lowest BCUT2D eigenvalue weighted by Gasteiger charge is -2.34. The highest BCUT2D eigenvalue weighted by Gasteiger charge is 2.24. The smallest absolute Gasteiger partial charge is 0.287 e. The first-order chi connectivity index (χ1) is 10.9. The van der Waals surface area contributed by atoms with Crippen molar-refractivity contribution in [2.75, 3.05) is 26.3 Å². The van der Waals surface area contributed by atoms with Crippen LogP contribution in [0.1, 0.15) is 17.7 Å². The minimum atomic E-state index is 0.795. The monoisotopic (exact) mass is 293 g/mol. The van der Waals surface area contributed by atoms with Crippen LogP contribution in [-0.2, 0) is 11.2 Å². The Labute approximate surface area is 130 Å². The van der Waals surface area contributed by atoms with Crippen molar-refractivity contribution in [3.05, 3.63) is 60.1 Å². The average molecular weight is 293 g/mol. The molecule has 1 saturated heterocycles. The van der Waals surface area contributed by atoms with E-state index >= 15 is 0 Å². The number of rotatable bonds is 2. The first kappa shape index (κ1) is 13.5. The van der Waals surface area contributed by atoms with Gasteiger partial charge in [-0.1, -0.05) is 48.0 Å². The number of fused-ring (bicyclic) bond motifs is 1. The minimum Gasteiger partial charge on any atom is -0.378 e. The van der Waals surface area contributed by atoms with Crippen LogP contribution in [0.25, 0.3) is 16.8 Å². The molecule has 4 rings (SSSR count). The van der Waals surface area contributed by atoms with Gasteiger partial charge in [0.15, 0.2) is 0 Å². The summed E-state index contributed by atoms with van der Waals surface area (Å²) in [5, 5.41) is 0. The summed E-state index contributed by atoms with van der Waals surface area (Å²) in [6.07, 6.45) is 7.28. The van der Waals surface area contributed by atoms with Crippen molar-refractivity contribution in [3.8, 4) is 11.1 Å². The molecule has 1 aromatic carbocycles. The Morgan fingerprint density at radius 2 is 1.91 bits per heavy atom. The summed E-state index contributed by atoms with van der Waals surface area (Å²) >= 11 is 0. The van der Waals surface area contributed by atoms with Gasteiger partial charge in [-0.2, -0.15) is 0 Å². The summed E-state index contributed by atoms with van der Waals surface area (Å²) in [4.78, 5) is 2.42. The summed E-state index contributed by atoms with van der Waals surface area (Å²) in [5.41, 5.74) is 4.95. The van der Waals surface area contributed by atoms with Gasteiger partial charge in [-0.05, 0) is 12.0 Å². The summed E-state index contributed by atoms with van der Waals surface area (Å²) < 4.78 is 11.2. The molecule has 2 heterocycles. The highest BCUT2D eigenvalue weighted by molar-refractivity contribution is 5.82. The molecular formula is C19H19NO2. The molecule has 0 atom stereocenters. The number of nitrogens with zero attached hydrogens (tertiary/aromatic N) is 1. The lowest BCUT2D eigenvalue weighted by atomic mass is 9.91. The molecule has 3 heteroatoms. The third kappa shape index (κ3) is 2.42. The second-order valence-electron chi connectivity index (χ2n) is 5.67. The van der Waals surface area contributed by atoms with Crippen LogP contribution in [0, 0.1) is 6.26 Å². The van der Waals surface area contributed by atoms with Crippen molar-refractivity contribution in [2.45, 2.75) is 12.8 Å². The number of ether oxygens (including phenoxy) is 1. The van der Waals surface area contributed by atoms with Crippen molar-refractivity contribution in [3.63, 3.8) is 0 Å². The van der Waals surface area contributed by atoms with Crippen molar-refractivity contribution in [1.82, 2.24) is 4.90 Å². The van der Waals surface area contributed by atoms with Crippen molar-refractivity contribution in [1.29, 1.82) is 0 Å². The zero-order chi connectivity index (χ0) is 14.8. The van der Waals surface area contributed by atoms with Crippen LogP contribution >= 0.6 is 0 Å². The zero-order valence-corrected chi connectivity index (χ0v) is 12.5. The molecule has 2 aromatic rings. The summed E-state index contributed by atoms with van der Waals surface area (Å²) in [5.74, 6) is 1.05. The predicted octanol–water partition coefficient (Wildman–Crippen LogP) is 3.65. The lowest BCUT2D eigenvalue weighted by Crippen LogP contribution is -2.35. The van der Waals surface area contributed by atoms with E-state index in [4.69, 9.17) is 9.15 Å². The van der Waals surface area contributed by atoms with E-state index in [0.29, 0.717) is 0 Å². The summed E-state index contributed by atoms with van der Waals surface area (Å²) in [6.45, 7) is 3.48. The highest BCUT2D eigenvalue weighted by Crippen LogP contribution is 2.37. The van der Waals surface area contributed by atoms with E-state index in [2.05, 4.69) is 41.5 Å². The molecule has 2 aliphatic rings. The molecule has 112 valence electrons. The van der Waals surface area contributed by atoms with Crippen LogP contribution < -0.4 is 0 Å². The van der Waals surface area contributed by atoms with Crippen molar-refractivity contribution >= 4 is 5.70 Å². The molecule has 0 saturated carbocycles. The van der Waals surface area contributed by atoms with Crippen molar-refractivity contribution in [2.24, 2.45) is 0 Å². The lowest BCUT2D eigenvalue weighted by molar-refractivity contribution is 0.0636. The van der Waals surface area contributed by atoms with Gasteiger partial charge in [0.05, 0.1) is 13.2 Å². The van der Waals surface area contributed by atoms with Gasteiger partial charge in [0.25, 0.3) is 6.26 Å². The zero-order valence-electron chi connectivity index (χ0n) is 12.5. The van der Waals surface area contributed by atoms with E-state index in [1.54, 1.807) is 0 Å². The molecule has 0 amide bonds. The van der Waals surface area contributed by atoms with Gasteiger partial charge in [0.1, 0.15) is 0 Å². The van der Waals surface area contributed by atoms with Crippen molar-refractivity contribution < 1.29 is 9.15 Å². The summed E-state index contributed by atoms with van der Waals surface area (Å²) in [7, 11) is 0. The molecule has 1 aliphatic heterocycles. The molecule has 0 unspecified atom stereocenters. The fourth-order valence-corrected chi connectivity index (χ4v) is 3.27. The van der Waals surface area contributed by atoms with Crippen LogP contribution in [0.4, 0.5) is 0 Å². The number of allylic oxidation sites excluding steroid dienone is 1. The second kappa shape index (κ2) is 5.93. The van der Waals surface area contributed by atoms with Crippen LogP contribution in [0.2, 0.25) is 0 Å². The fourth-order valence-electron chi connectivity index (χ4n) is 3.27. The number of benzene rings is 1. The maximum absolute atomic E-state index is 5.71. The molecule has 0 bridgehead atoms. The van der Waals surface area contributed by atoms with Gasteiger partial charge in [0, 0.05) is 25.2 Å². The molecule has 3 nitrogen and oxygen atoms in total. The van der Waals surface area contributed by atoms with Gasteiger partial charge < -0.3 is 14.1 Å². The predicted molar refractivity (Wildman–Crippen MR) is 86.1 cm³/mol. The van der Waals surface area contributed by atoms with Gasteiger partial charge in [-0.25, -0.2) is 0 Å². The molecule has 22 heavy (non-hydrogen) atoms. The fraction of sp³-hybridized carbons (Fsp3) is 0.316. The Bertz CT molecular complexity index is 688. The van der Waals surface area contributed by atoms with Crippen LogP contribution in [-0.4, -0.2) is 31.2 Å². The Hall–Kier alpha value is -2.13. The number of hydrogen-bond acceptors (Lipinski definition) is 2. The molecule has 1 aromatic heterocycles. The van der Waals surface area contributed by atoms with E-state index in [1.807, 2.05) is 12.1 Å². The first-order valence-electron chi connectivity index (χ1n) is 7.88. The quantitative estimate of drug-likeness (QED) is 0.624. The third-order valence-corrected chi connectivity index (χ3v) is 4.34. The van der Waals surface area contributed by atoms with Crippen LogP contribution in [0.15, 0.2) is 46.9 Å². The Kier molecular flexibility index (Phi) is 3.65. The topological polar surface area (TPSA) is 23.8 Å². The largest absolute Gasteiger partial charge is 0.378 e. The molecule has 0 radical (unpaired) electrons. The standard InChI is InChI=1S/C19H19NO2/c1-2-5-15(6-3-1)16-9-12-22-18-8-4-7-17(19(16)18)20-10-13-21-14-11-20/h1-3,5-7,9H,4,8,10-11,13-14H2. The molecule has 1 fully saturated rings. The third-order valence-electron chi connectivity index (χ3n) is 4.34. The van der Waals surface area contributed by atoms with E-state index in [-0.39, 0.29) is 0 Å². The van der Waals surface area contributed by atoms with Gasteiger partial charge in [-0.15, -0.1) is 5.56 Å². The Morgan fingerprint density at radius 3 is 2.73 bits per heavy atom. The Balaban J connectivity index is 1.82. The maximum Gasteiger partial charge on any atom is 0.287 e. The second-order valence-corrected chi connectivity index (χ2v) is 5.67. The normalized spacial score (nSPS) is 17.8. The minimum absolute atomic E-state index is 0.795. The molecular weight excluding hydrogens is 274 g/mol. The van der Waals surface area contributed by atoms with Gasteiger partial charge >= 0.3 is 0 Å². The van der Waals surface area contributed by atoms with E-state index in [9.17, 15) is 0 Å². The SMILES string of the molecule is [c-]1cc(-c2ccccc2)c2c([o+]1)CCC=C2N1CCOCC1. The highest BCUT2D eigenvalue weighted by atomic mass is 16.5. The average Bonchev–Trinajstić information content (AvgIpc) is 2.62. The number of hydrogen-bond donors (Lipinski definition) is 0. The number of aryl methyl sites for hydroxylation is 1. The molecule has 0 spiro atoms. The number of morpholine rings is 1. The molecule has 0 N–H and O–H groups in total. The summed E-state index contributed by atoms with van der Waals surface area (Å²) in [6, 6.07) is 12.5. The van der Waals surface area contributed by atoms with Gasteiger partial charge in [0.2, 0.25) is 5.76 Å². The first-order valence-corrected chi connectivity index (χ1v) is 7.88. The van der Waals surface area contributed by atoms with E-state index in [0.717, 1.165) is 44.9 Å².